The van der Waals surface area contributed by atoms with Gasteiger partial charge in [-0.05, 0) is 38.1 Å². The highest BCUT2D eigenvalue weighted by molar-refractivity contribution is 5.77. The molecule has 0 fully saturated rings. The second kappa shape index (κ2) is 9.20. The summed E-state index contributed by atoms with van der Waals surface area (Å²) in [6, 6.07) is 5.59. The maximum atomic E-state index is 11.4. The molecule has 1 amide bonds. The summed E-state index contributed by atoms with van der Waals surface area (Å²) >= 11 is 0. The molecule has 0 heterocycles. The zero-order valence-electron chi connectivity index (χ0n) is 12.5. The van der Waals surface area contributed by atoms with Gasteiger partial charge in [-0.3, -0.25) is 4.79 Å². The fraction of sp³-hybridized carbons (Fsp3) is 0.533. The van der Waals surface area contributed by atoms with E-state index in [1.807, 2.05) is 25.1 Å². The van der Waals surface area contributed by atoms with Gasteiger partial charge in [0.2, 0.25) is 0 Å². The highest BCUT2D eigenvalue weighted by Crippen LogP contribution is 2.24. The first kappa shape index (κ1) is 16.3. The molecule has 0 unspecified atom stereocenters. The van der Waals surface area contributed by atoms with Crippen LogP contribution in [0.4, 0.5) is 0 Å². The first-order valence-electron chi connectivity index (χ1n) is 6.98. The van der Waals surface area contributed by atoms with Crippen LogP contribution in [0.3, 0.4) is 0 Å². The number of rotatable bonds is 9. The molecular weight excluding hydrogens is 256 g/mol. The van der Waals surface area contributed by atoms with Crippen LogP contribution < -0.4 is 20.1 Å². The quantitative estimate of drug-likeness (QED) is 0.676. The summed E-state index contributed by atoms with van der Waals surface area (Å²) in [6.07, 6.45) is 1.07. The minimum absolute atomic E-state index is 0.0287. The van der Waals surface area contributed by atoms with Crippen molar-refractivity contribution in [2.24, 2.45) is 0 Å². The normalized spacial score (nSPS) is 10.2. The molecule has 0 spiro atoms. The number of nitrogens with one attached hydrogen (secondary N) is 2. The summed E-state index contributed by atoms with van der Waals surface area (Å²) in [5.74, 6) is 1.38. The summed E-state index contributed by atoms with van der Waals surface area (Å²) in [4.78, 5) is 11.4. The molecule has 0 atom stereocenters. The molecule has 0 radical (unpaired) electrons. The van der Waals surface area contributed by atoms with Gasteiger partial charge in [-0.2, -0.15) is 0 Å². The first-order valence-corrected chi connectivity index (χ1v) is 6.98. The Balaban J connectivity index is 2.69. The third-order valence-corrected chi connectivity index (χ3v) is 2.74. The highest BCUT2D eigenvalue weighted by atomic mass is 16.5. The largest absolute Gasteiger partial charge is 0.497 e. The lowest BCUT2D eigenvalue weighted by Crippen LogP contribution is -2.28. The van der Waals surface area contributed by atoms with Crippen molar-refractivity contribution in [2.75, 3.05) is 26.8 Å². The average Bonchev–Trinajstić information content (AvgIpc) is 2.46. The fourth-order valence-corrected chi connectivity index (χ4v) is 1.75. The molecule has 0 aliphatic heterocycles. The Morgan fingerprint density at radius 1 is 1.30 bits per heavy atom. The van der Waals surface area contributed by atoms with Crippen LogP contribution in [-0.4, -0.2) is 32.7 Å². The maximum Gasteiger partial charge on any atom is 0.257 e. The first-order chi connectivity index (χ1) is 9.71. The number of carbonyl (C=O) groups excluding carboxylic acids is 1. The van der Waals surface area contributed by atoms with Crippen LogP contribution in [0.5, 0.6) is 11.5 Å². The van der Waals surface area contributed by atoms with Crippen LogP contribution in [0.2, 0.25) is 0 Å². The molecule has 1 aromatic rings. The van der Waals surface area contributed by atoms with Crippen molar-refractivity contribution in [2.45, 2.75) is 26.8 Å². The van der Waals surface area contributed by atoms with Crippen molar-refractivity contribution in [1.82, 2.24) is 10.6 Å². The number of likely N-dealkylation sites (N-methyl/N-ethyl adjacent to an activating group) is 1. The van der Waals surface area contributed by atoms with Crippen molar-refractivity contribution in [3.8, 4) is 11.5 Å². The molecule has 0 aliphatic rings. The van der Waals surface area contributed by atoms with Crippen LogP contribution in [0.25, 0.3) is 0 Å². The van der Waals surface area contributed by atoms with Gasteiger partial charge in [0, 0.05) is 18.7 Å². The zero-order chi connectivity index (χ0) is 14.8. The number of hydrogen-bond acceptors (Lipinski definition) is 4. The van der Waals surface area contributed by atoms with Crippen LogP contribution in [0.1, 0.15) is 25.8 Å². The van der Waals surface area contributed by atoms with Gasteiger partial charge in [0.1, 0.15) is 11.5 Å². The van der Waals surface area contributed by atoms with Crippen molar-refractivity contribution >= 4 is 5.91 Å². The Hall–Kier alpha value is -1.75. The average molecular weight is 280 g/mol. The molecular formula is C15H24N2O3. The molecule has 0 bridgehead atoms. The van der Waals surface area contributed by atoms with Gasteiger partial charge in [0.15, 0.2) is 6.61 Å². The molecule has 0 aromatic heterocycles. The third kappa shape index (κ3) is 5.48. The minimum atomic E-state index is -0.115. The Bertz CT molecular complexity index is 422. The van der Waals surface area contributed by atoms with Gasteiger partial charge >= 0.3 is 0 Å². The lowest BCUT2D eigenvalue weighted by Gasteiger charge is -2.13. The second-order valence-electron chi connectivity index (χ2n) is 4.39. The van der Waals surface area contributed by atoms with Crippen molar-refractivity contribution in [1.29, 1.82) is 0 Å². The lowest BCUT2D eigenvalue weighted by molar-refractivity contribution is -0.122. The molecule has 1 aromatic carbocycles. The predicted molar refractivity (Wildman–Crippen MR) is 79.2 cm³/mol. The van der Waals surface area contributed by atoms with Crippen LogP contribution in [0.15, 0.2) is 18.2 Å². The SMILES string of the molecule is CCCNCc1cc(OC)ccc1OCC(=O)NCC. The fourth-order valence-electron chi connectivity index (χ4n) is 1.75. The summed E-state index contributed by atoms with van der Waals surface area (Å²) in [7, 11) is 1.63. The summed E-state index contributed by atoms with van der Waals surface area (Å²) in [5.41, 5.74) is 0.988. The Morgan fingerprint density at radius 3 is 2.75 bits per heavy atom. The van der Waals surface area contributed by atoms with E-state index in [4.69, 9.17) is 9.47 Å². The van der Waals surface area contributed by atoms with Crippen LogP contribution in [-0.2, 0) is 11.3 Å². The Morgan fingerprint density at radius 2 is 2.10 bits per heavy atom. The van der Waals surface area contributed by atoms with Gasteiger partial charge in [0.05, 0.1) is 7.11 Å². The van der Waals surface area contributed by atoms with Gasteiger partial charge in [-0.15, -0.1) is 0 Å². The number of ether oxygens (including phenoxy) is 2. The molecule has 112 valence electrons. The number of benzene rings is 1. The van der Waals surface area contributed by atoms with Gasteiger partial charge in [-0.1, -0.05) is 6.92 Å². The number of amides is 1. The summed E-state index contributed by atoms with van der Waals surface area (Å²) < 4.78 is 10.8. The maximum absolute atomic E-state index is 11.4. The van der Waals surface area contributed by atoms with E-state index in [2.05, 4.69) is 17.6 Å². The smallest absolute Gasteiger partial charge is 0.257 e. The van der Waals surface area contributed by atoms with Gasteiger partial charge in [-0.25, -0.2) is 0 Å². The molecule has 20 heavy (non-hydrogen) atoms. The van der Waals surface area contributed by atoms with E-state index < -0.39 is 0 Å². The lowest BCUT2D eigenvalue weighted by atomic mass is 10.2. The molecule has 0 saturated carbocycles. The van der Waals surface area contributed by atoms with Gasteiger partial charge in [0.25, 0.3) is 5.91 Å². The second-order valence-corrected chi connectivity index (χ2v) is 4.39. The monoisotopic (exact) mass is 280 g/mol. The number of methoxy groups -OCH3 is 1. The van der Waals surface area contributed by atoms with E-state index in [9.17, 15) is 4.79 Å². The Labute approximate surface area is 120 Å². The molecule has 1 rings (SSSR count). The minimum Gasteiger partial charge on any atom is -0.497 e. The Kier molecular flexibility index (Phi) is 7.50. The molecule has 5 heteroatoms. The van der Waals surface area contributed by atoms with Gasteiger partial charge < -0.3 is 20.1 Å². The van der Waals surface area contributed by atoms with Crippen LogP contribution in [0, 0.1) is 0 Å². The zero-order valence-corrected chi connectivity index (χ0v) is 12.5. The molecule has 0 saturated heterocycles. The standard InChI is InChI=1S/C15H24N2O3/c1-4-8-16-10-12-9-13(19-3)6-7-14(12)20-11-15(18)17-5-2/h6-7,9,16H,4-5,8,10-11H2,1-3H3,(H,17,18). The number of hydrogen-bond donors (Lipinski definition) is 2. The highest BCUT2D eigenvalue weighted by Gasteiger charge is 2.08. The van der Waals surface area contributed by atoms with Crippen LogP contribution >= 0.6 is 0 Å². The van der Waals surface area contributed by atoms with E-state index >= 15 is 0 Å². The molecule has 0 aliphatic carbocycles. The van der Waals surface area contributed by atoms with Crippen molar-refractivity contribution in [3.05, 3.63) is 23.8 Å². The van der Waals surface area contributed by atoms with E-state index in [0.717, 1.165) is 24.3 Å². The van der Waals surface area contributed by atoms with Crippen molar-refractivity contribution in [3.63, 3.8) is 0 Å². The summed E-state index contributed by atoms with van der Waals surface area (Å²) in [5, 5.41) is 6.03. The van der Waals surface area contributed by atoms with E-state index in [1.165, 1.54) is 0 Å². The predicted octanol–water partition coefficient (Wildman–Crippen LogP) is 1.71. The molecule has 2 N–H and O–H groups in total. The third-order valence-electron chi connectivity index (χ3n) is 2.74. The van der Waals surface area contributed by atoms with E-state index in [0.29, 0.717) is 18.8 Å². The summed E-state index contributed by atoms with van der Waals surface area (Å²) in [6.45, 7) is 6.26. The van der Waals surface area contributed by atoms with Crippen molar-refractivity contribution < 1.29 is 14.3 Å². The number of carbonyl (C=O) groups is 1. The van der Waals surface area contributed by atoms with E-state index in [-0.39, 0.29) is 12.5 Å². The van der Waals surface area contributed by atoms with E-state index in [1.54, 1.807) is 7.11 Å². The topological polar surface area (TPSA) is 59.6 Å². The molecule has 5 nitrogen and oxygen atoms in total.